The zero-order chi connectivity index (χ0) is 9.07. The van der Waals surface area contributed by atoms with Gasteiger partial charge in [-0.3, -0.25) is 0 Å². The maximum atomic E-state index is 10.9. The van der Waals surface area contributed by atoms with Crippen molar-refractivity contribution in [1.82, 2.24) is 0 Å². The molecule has 3 nitrogen and oxygen atoms in total. The SMILES string of the molecule is C=CCC(O)C(C)S(C)(=O)=O. The number of aliphatic hydroxyl groups excluding tert-OH is 1. The quantitative estimate of drug-likeness (QED) is 0.632. The summed E-state index contributed by atoms with van der Waals surface area (Å²) >= 11 is 0. The van der Waals surface area contributed by atoms with Crippen molar-refractivity contribution in [1.29, 1.82) is 0 Å². The van der Waals surface area contributed by atoms with Gasteiger partial charge in [0.25, 0.3) is 0 Å². The van der Waals surface area contributed by atoms with Crippen LogP contribution in [0.25, 0.3) is 0 Å². The van der Waals surface area contributed by atoms with Crippen LogP contribution in [-0.4, -0.2) is 31.1 Å². The van der Waals surface area contributed by atoms with Gasteiger partial charge >= 0.3 is 0 Å². The summed E-state index contributed by atoms with van der Waals surface area (Å²) in [4.78, 5) is 0. The van der Waals surface area contributed by atoms with E-state index in [2.05, 4.69) is 6.58 Å². The van der Waals surface area contributed by atoms with Crippen LogP contribution in [0.1, 0.15) is 13.3 Å². The first-order chi connectivity index (χ1) is 4.89. The number of hydrogen-bond acceptors (Lipinski definition) is 3. The predicted molar refractivity (Wildman–Crippen MR) is 45.1 cm³/mol. The minimum absolute atomic E-state index is 0.314. The maximum Gasteiger partial charge on any atom is 0.152 e. The molecule has 0 heterocycles. The molecule has 0 radical (unpaired) electrons. The fourth-order valence-corrected chi connectivity index (χ4v) is 1.33. The van der Waals surface area contributed by atoms with Gasteiger partial charge in [-0.05, 0) is 13.3 Å². The molecule has 0 aromatic rings. The molecule has 4 heteroatoms. The Kier molecular flexibility index (Phi) is 3.75. The van der Waals surface area contributed by atoms with E-state index >= 15 is 0 Å². The minimum atomic E-state index is -3.12. The predicted octanol–water partition coefficient (Wildman–Crippen LogP) is 0.357. The Morgan fingerprint density at radius 1 is 1.64 bits per heavy atom. The molecule has 11 heavy (non-hydrogen) atoms. The van der Waals surface area contributed by atoms with Crippen molar-refractivity contribution in [3.05, 3.63) is 12.7 Å². The van der Waals surface area contributed by atoms with Crippen LogP contribution in [0, 0.1) is 0 Å². The van der Waals surface area contributed by atoms with Gasteiger partial charge in [-0.25, -0.2) is 8.42 Å². The first kappa shape index (κ1) is 10.7. The highest BCUT2D eigenvalue weighted by Crippen LogP contribution is 2.07. The summed E-state index contributed by atoms with van der Waals surface area (Å²) in [5.41, 5.74) is 0. The molecule has 0 amide bonds. The van der Waals surface area contributed by atoms with Crippen LogP contribution in [0.4, 0.5) is 0 Å². The summed E-state index contributed by atoms with van der Waals surface area (Å²) < 4.78 is 21.7. The summed E-state index contributed by atoms with van der Waals surface area (Å²) in [6.07, 6.45) is 2.10. The van der Waals surface area contributed by atoms with Gasteiger partial charge in [-0.1, -0.05) is 6.08 Å². The molecule has 66 valence electrons. The fraction of sp³-hybridized carbons (Fsp3) is 0.714. The molecule has 2 atom stereocenters. The van der Waals surface area contributed by atoms with E-state index in [4.69, 9.17) is 0 Å². The molecule has 0 spiro atoms. The lowest BCUT2D eigenvalue weighted by Crippen LogP contribution is -2.29. The molecular weight excluding hydrogens is 164 g/mol. The van der Waals surface area contributed by atoms with E-state index in [9.17, 15) is 13.5 Å². The van der Waals surface area contributed by atoms with Crippen LogP contribution >= 0.6 is 0 Å². The van der Waals surface area contributed by atoms with E-state index in [0.717, 1.165) is 6.26 Å². The zero-order valence-electron chi connectivity index (χ0n) is 6.82. The molecular formula is C7H14O3S. The number of sulfone groups is 1. The Morgan fingerprint density at radius 2 is 2.09 bits per heavy atom. The largest absolute Gasteiger partial charge is 0.391 e. The van der Waals surface area contributed by atoms with Gasteiger partial charge in [0.15, 0.2) is 9.84 Å². The highest BCUT2D eigenvalue weighted by atomic mass is 32.2. The second kappa shape index (κ2) is 3.88. The minimum Gasteiger partial charge on any atom is -0.391 e. The highest BCUT2D eigenvalue weighted by molar-refractivity contribution is 7.91. The molecule has 0 aromatic carbocycles. The van der Waals surface area contributed by atoms with Gasteiger partial charge in [0.2, 0.25) is 0 Å². The average molecular weight is 178 g/mol. The van der Waals surface area contributed by atoms with Crippen LogP contribution < -0.4 is 0 Å². The molecule has 0 bridgehead atoms. The summed E-state index contributed by atoms with van der Waals surface area (Å²) in [7, 11) is -3.12. The Morgan fingerprint density at radius 3 is 2.36 bits per heavy atom. The van der Waals surface area contributed by atoms with Crippen LogP contribution in [0.15, 0.2) is 12.7 Å². The molecule has 0 rings (SSSR count). The van der Waals surface area contributed by atoms with Crippen LogP contribution in [-0.2, 0) is 9.84 Å². The maximum absolute atomic E-state index is 10.9. The third-order valence-electron chi connectivity index (χ3n) is 1.63. The van der Waals surface area contributed by atoms with Gasteiger partial charge in [-0.15, -0.1) is 6.58 Å². The number of rotatable bonds is 4. The van der Waals surface area contributed by atoms with Crippen LogP contribution in [0.2, 0.25) is 0 Å². The van der Waals surface area contributed by atoms with E-state index < -0.39 is 21.2 Å². The second-order valence-corrected chi connectivity index (χ2v) is 5.03. The van der Waals surface area contributed by atoms with E-state index in [-0.39, 0.29) is 0 Å². The van der Waals surface area contributed by atoms with Gasteiger partial charge in [-0.2, -0.15) is 0 Å². The normalized spacial score (nSPS) is 17.4. The lowest BCUT2D eigenvalue weighted by Gasteiger charge is -2.14. The molecule has 0 aliphatic rings. The monoisotopic (exact) mass is 178 g/mol. The summed E-state index contributed by atoms with van der Waals surface area (Å²) in [5.74, 6) is 0. The molecule has 0 saturated heterocycles. The van der Waals surface area contributed by atoms with Crippen molar-refractivity contribution < 1.29 is 13.5 Å². The van der Waals surface area contributed by atoms with Crippen molar-refractivity contribution in [2.24, 2.45) is 0 Å². The van der Waals surface area contributed by atoms with E-state index in [0.29, 0.717) is 6.42 Å². The van der Waals surface area contributed by atoms with Crippen LogP contribution in [0.3, 0.4) is 0 Å². The highest BCUT2D eigenvalue weighted by Gasteiger charge is 2.22. The van der Waals surface area contributed by atoms with Gasteiger partial charge in [0.1, 0.15) is 0 Å². The fourth-order valence-electron chi connectivity index (χ4n) is 0.648. The van der Waals surface area contributed by atoms with E-state index in [1.54, 1.807) is 0 Å². The number of aliphatic hydroxyl groups is 1. The first-order valence-corrected chi connectivity index (χ1v) is 5.33. The molecule has 0 aliphatic carbocycles. The Hall–Kier alpha value is -0.350. The summed E-state index contributed by atoms with van der Waals surface area (Å²) in [5, 5.41) is 8.50. The molecule has 0 fully saturated rings. The molecule has 2 unspecified atom stereocenters. The number of hydrogen-bond donors (Lipinski definition) is 1. The van der Waals surface area contributed by atoms with Gasteiger partial charge < -0.3 is 5.11 Å². The summed E-state index contributed by atoms with van der Waals surface area (Å²) in [6.45, 7) is 4.90. The third-order valence-corrected chi connectivity index (χ3v) is 3.29. The molecule has 0 aliphatic heterocycles. The Labute approximate surface area is 67.7 Å². The van der Waals surface area contributed by atoms with Crippen molar-refractivity contribution in [3.63, 3.8) is 0 Å². The van der Waals surface area contributed by atoms with Crippen molar-refractivity contribution >= 4 is 9.84 Å². The standard InChI is InChI=1S/C7H14O3S/c1-4-5-7(8)6(2)11(3,9)10/h4,6-8H,1,5H2,2-3H3. The van der Waals surface area contributed by atoms with Gasteiger partial charge in [0, 0.05) is 6.26 Å². The Balaban J connectivity index is 4.25. The smallest absolute Gasteiger partial charge is 0.152 e. The molecule has 0 aromatic heterocycles. The Bertz CT molecular complexity index is 218. The average Bonchev–Trinajstić information content (AvgIpc) is 1.85. The second-order valence-electron chi connectivity index (χ2n) is 2.63. The lowest BCUT2D eigenvalue weighted by atomic mass is 10.2. The summed E-state index contributed by atoms with van der Waals surface area (Å²) in [6, 6.07) is 0. The molecule has 0 saturated carbocycles. The topological polar surface area (TPSA) is 54.4 Å². The van der Waals surface area contributed by atoms with Crippen molar-refractivity contribution in [3.8, 4) is 0 Å². The van der Waals surface area contributed by atoms with Gasteiger partial charge in [0.05, 0.1) is 11.4 Å². The van der Waals surface area contributed by atoms with Crippen molar-refractivity contribution in [2.75, 3.05) is 6.26 Å². The van der Waals surface area contributed by atoms with Crippen LogP contribution in [0.5, 0.6) is 0 Å². The zero-order valence-corrected chi connectivity index (χ0v) is 7.63. The lowest BCUT2D eigenvalue weighted by molar-refractivity contribution is 0.176. The molecule has 1 N–H and O–H groups in total. The van der Waals surface area contributed by atoms with E-state index in [1.807, 2.05) is 0 Å². The van der Waals surface area contributed by atoms with E-state index in [1.165, 1.54) is 13.0 Å². The van der Waals surface area contributed by atoms with Crippen molar-refractivity contribution in [2.45, 2.75) is 24.7 Å². The third kappa shape index (κ3) is 3.53. The first-order valence-electron chi connectivity index (χ1n) is 3.37.